The van der Waals surface area contributed by atoms with E-state index in [4.69, 9.17) is 15.6 Å². The smallest absolute Gasteiger partial charge is 0.0618 e. The van der Waals surface area contributed by atoms with Crippen molar-refractivity contribution in [2.75, 3.05) is 13.2 Å². The van der Waals surface area contributed by atoms with Gasteiger partial charge in [-0.1, -0.05) is 6.92 Å². The topological polar surface area (TPSA) is 55.5 Å². The van der Waals surface area contributed by atoms with Gasteiger partial charge in [0.15, 0.2) is 0 Å². The summed E-state index contributed by atoms with van der Waals surface area (Å²) < 4.78 is 5.60. The largest absolute Gasteiger partial charge is 0.394 e. The lowest BCUT2D eigenvalue weighted by Gasteiger charge is -2.40. The SMILES string of the molecule is CCOC1CC(N)(CO)CCC1C. The van der Waals surface area contributed by atoms with Crippen LogP contribution in [0.25, 0.3) is 0 Å². The van der Waals surface area contributed by atoms with E-state index in [2.05, 4.69) is 6.92 Å². The average Bonchev–Trinajstić information content (AvgIpc) is 2.12. The van der Waals surface area contributed by atoms with Crippen LogP contribution in [0.15, 0.2) is 0 Å². The highest BCUT2D eigenvalue weighted by molar-refractivity contribution is 4.93. The number of aliphatic hydroxyl groups excluding tert-OH is 1. The molecule has 0 aromatic heterocycles. The number of aliphatic hydroxyl groups is 1. The van der Waals surface area contributed by atoms with Crippen LogP contribution >= 0.6 is 0 Å². The van der Waals surface area contributed by atoms with E-state index in [-0.39, 0.29) is 12.7 Å². The molecule has 1 aliphatic carbocycles. The Morgan fingerprint density at radius 2 is 2.31 bits per heavy atom. The minimum atomic E-state index is -0.396. The molecule has 0 bridgehead atoms. The summed E-state index contributed by atoms with van der Waals surface area (Å²) in [6, 6.07) is 0. The molecule has 1 rings (SSSR count). The summed E-state index contributed by atoms with van der Waals surface area (Å²) in [5, 5.41) is 9.14. The van der Waals surface area contributed by atoms with Gasteiger partial charge in [-0.15, -0.1) is 0 Å². The third-order valence-electron chi connectivity index (χ3n) is 3.04. The monoisotopic (exact) mass is 187 g/mol. The molecule has 0 aromatic carbocycles. The highest BCUT2D eigenvalue weighted by Gasteiger charge is 2.36. The Morgan fingerprint density at radius 1 is 1.62 bits per heavy atom. The molecule has 0 aliphatic heterocycles. The normalized spacial score (nSPS) is 40.6. The van der Waals surface area contributed by atoms with Crippen LogP contribution in [0, 0.1) is 5.92 Å². The number of ether oxygens (including phenoxy) is 1. The van der Waals surface area contributed by atoms with Crippen molar-refractivity contribution in [2.24, 2.45) is 11.7 Å². The molecule has 3 heteroatoms. The van der Waals surface area contributed by atoms with Crippen LogP contribution in [-0.4, -0.2) is 30.0 Å². The van der Waals surface area contributed by atoms with Crippen molar-refractivity contribution >= 4 is 0 Å². The molecule has 1 fully saturated rings. The van der Waals surface area contributed by atoms with E-state index in [9.17, 15) is 0 Å². The molecule has 0 radical (unpaired) electrons. The van der Waals surface area contributed by atoms with Gasteiger partial charge in [0.25, 0.3) is 0 Å². The van der Waals surface area contributed by atoms with Gasteiger partial charge in [0.2, 0.25) is 0 Å². The molecular formula is C10H21NO2. The number of hydrogen-bond donors (Lipinski definition) is 2. The fraction of sp³-hybridized carbons (Fsp3) is 1.00. The summed E-state index contributed by atoms with van der Waals surface area (Å²) in [7, 11) is 0. The maximum atomic E-state index is 9.14. The van der Waals surface area contributed by atoms with E-state index in [0.29, 0.717) is 5.92 Å². The van der Waals surface area contributed by atoms with Crippen LogP contribution < -0.4 is 5.73 Å². The molecule has 1 aliphatic rings. The predicted octanol–water partition coefficient (Wildman–Crippen LogP) is 0.901. The quantitative estimate of drug-likeness (QED) is 0.690. The van der Waals surface area contributed by atoms with Crippen LogP contribution in [0.4, 0.5) is 0 Å². The van der Waals surface area contributed by atoms with Crippen molar-refractivity contribution in [1.29, 1.82) is 0 Å². The first-order valence-corrected chi connectivity index (χ1v) is 5.12. The summed E-state index contributed by atoms with van der Waals surface area (Å²) in [6.07, 6.45) is 2.99. The van der Waals surface area contributed by atoms with Gasteiger partial charge >= 0.3 is 0 Å². The van der Waals surface area contributed by atoms with Crippen LogP contribution in [0.5, 0.6) is 0 Å². The zero-order valence-electron chi connectivity index (χ0n) is 8.62. The van der Waals surface area contributed by atoms with E-state index in [0.717, 1.165) is 25.9 Å². The predicted molar refractivity (Wildman–Crippen MR) is 52.4 cm³/mol. The van der Waals surface area contributed by atoms with Crippen molar-refractivity contribution in [2.45, 2.75) is 44.8 Å². The molecule has 3 nitrogen and oxygen atoms in total. The van der Waals surface area contributed by atoms with Crippen molar-refractivity contribution in [3.8, 4) is 0 Å². The molecule has 78 valence electrons. The molecule has 0 saturated heterocycles. The first-order valence-electron chi connectivity index (χ1n) is 5.12. The highest BCUT2D eigenvalue weighted by Crippen LogP contribution is 2.31. The average molecular weight is 187 g/mol. The molecule has 3 N–H and O–H groups in total. The molecule has 0 amide bonds. The van der Waals surface area contributed by atoms with E-state index < -0.39 is 5.54 Å². The Kier molecular flexibility index (Phi) is 3.71. The number of nitrogens with two attached hydrogens (primary N) is 1. The van der Waals surface area contributed by atoms with Gasteiger partial charge < -0.3 is 15.6 Å². The molecule has 3 atom stereocenters. The molecule has 0 aromatic rings. The zero-order chi connectivity index (χ0) is 9.90. The Morgan fingerprint density at radius 3 is 2.85 bits per heavy atom. The van der Waals surface area contributed by atoms with Crippen molar-refractivity contribution in [3.05, 3.63) is 0 Å². The molecule has 13 heavy (non-hydrogen) atoms. The van der Waals surface area contributed by atoms with E-state index in [1.54, 1.807) is 0 Å². The van der Waals surface area contributed by atoms with Crippen LogP contribution in [0.2, 0.25) is 0 Å². The lowest BCUT2D eigenvalue weighted by Crippen LogP contribution is -2.51. The lowest BCUT2D eigenvalue weighted by atomic mass is 9.76. The standard InChI is InChI=1S/C10H21NO2/c1-3-13-9-6-10(11,7-12)5-4-8(9)2/h8-9,12H,3-7,11H2,1-2H3. The fourth-order valence-electron chi connectivity index (χ4n) is 1.99. The zero-order valence-corrected chi connectivity index (χ0v) is 8.62. The molecule has 0 spiro atoms. The van der Waals surface area contributed by atoms with Crippen LogP contribution in [-0.2, 0) is 4.74 Å². The summed E-state index contributed by atoms with van der Waals surface area (Å²) in [5.74, 6) is 0.572. The van der Waals surface area contributed by atoms with Crippen molar-refractivity contribution in [3.63, 3.8) is 0 Å². The highest BCUT2D eigenvalue weighted by atomic mass is 16.5. The molecule has 3 unspecified atom stereocenters. The molecular weight excluding hydrogens is 166 g/mol. The van der Waals surface area contributed by atoms with Gasteiger partial charge in [0, 0.05) is 12.1 Å². The van der Waals surface area contributed by atoms with Gasteiger partial charge in [-0.25, -0.2) is 0 Å². The maximum Gasteiger partial charge on any atom is 0.0618 e. The molecule has 0 heterocycles. The Hall–Kier alpha value is -0.120. The van der Waals surface area contributed by atoms with Gasteiger partial charge in [0.1, 0.15) is 0 Å². The summed E-state index contributed by atoms with van der Waals surface area (Å²) in [4.78, 5) is 0. The van der Waals surface area contributed by atoms with Crippen molar-refractivity contribution < 1.29 is 9.84 Å². The fourth-order valence-corrected chi connectivity index (χ4v) is 1.99. The third-order valence-corrected chi connectivity index (χ3v) is 3.04. The first-order chi connectivity index (χ1) is 6.11. The molecule has 1 saturated carbocycles. The second-order valence-electron chi connectivity index (χ2n) is 4.23. The lowest BCUT2D eigenvalue weighted by molar-refractivity contribution is -0.0310. The Bertz CT molecular complexity index is 163. The minimum absolute atomic E-state index is 0.0727. The van der Waals surface area contributed by atoms with Gasteiger partial charge in [-0.3, -0.25) is 0 Å². The van der Waals surface area contributed by atoms with Gasteiger partial charge in [0.05, 0.1) is 12.7 Å². The van der Waals surface area contributed by atoms with E-state index in [1.165, 1.54) is 0 Å². The Labute approximate surface area is 80.3 Å². The second kappa shape index (κ2) is 4.40. The van der Waals surface area contributed by atoms with Crippen molar-refractivity contribution in [1.82, 2.24) is 0 Å². The summed E-state index contributed by atoms with van der Waals surface area (Å²) in [5.41, 5.74) is 5.61. The van der Waals surface area contributed by atoms with Gasteiger partial charge in [-0.2, -0.15) is 0 Å². The maximum absolute atomic E-state index is 9.14. The van der Waals surface area contributed by atoms with Gasteiger partial charge in [-0.05, 0) is 32.1 Å². The minimum Gasteiger partial charge on any atom is -0.394 e. The number of rotatable bonds is 3. The van der Waals surface area contributed by atoms with E-state index >= 15 is 0 Å². The number of hydrogen-bond acceptors (Lipinski definition) is 3. The first kappa shape index (κ1) is 11.0. The summed E-state index contributed by atoms with van der Waals surface area (Å²) in [6.45, 7) is 5.00. The third kappa shape index (κ3) is 2.66. The summed E-state index contributed by atoms with van der Waals surface area (Å²) >= 11 is 0. The van der Waals surface area contributed by atoms with E-state index in [1.807, 2.05) is 6.92 Å². The van der Waals surface area contributed by atoms with Crippen LogP contribution in [0.3, 0.4) is 0 Å². The Balaban J connectivity index is 2.52. The van der Waals surface area contributed by atoms with Crippen LogP contribution in [0.1, 0.15) is 33.1 Å². The second-order valence-corrected chi connectivity index (χ2v) is 4.23.